The number of rotatable bonds is 8. The number of hydrogen-bond donors (Lipinski definition) is 2. The number of aliphatic hydroxyl groups excluding tert-OH is 1. The molecule has 0 aromatic heterocycles. The predicted octanol–water partition coefficient (Wildman–Crippen LogP) is 1.55. The molecule has 0 aliphatic heterocycles. The summed E-state index contributed by atoms with van der Waals surface area (Å²) in [5, 5.41) is 11.5. The van der Waals surface area contributed by atoms with Gasteiger partial charge in [-0.1, -0.05) is 0 Å². The molecule has 0 saturated heterocycles. The van der Waals surface area contributed by atoms with Crippen LogP contribution in [0.5, 0.6) is 5.75 Å². The lowest BCUT2D eigenvalue weighted by Crippen LogP contribution is -2.34. The highest BCUT2D eigenvalue weighted by molar-refractivity contribution is 5.94. The first-order valence-corrected chi connectivity index (χ1v) is 6.67. The van der Waals surface area contributed by atoms with Crippen LogP contribution in [-0.4, -0.2) is 36.1 Å². The minimum Gasteiger partial charge on any atom is -0.494 e. The van der Waals surface area contributed by atoms with Gasteiger partial charge in [-0.2, -0.15) is 0 Å². The molecule has 1 amide bonds. The number of aliphatic hydroxyl groups is 1. The highest BCUT2D eigenvalue weighted by Crippen LogP contribution is 2.13. The first-order valence-electron chi connectivity index (χ1n) is 6.67. The number of benzene rings is 1. The molecule has 0 aliphatic rings. The van der Waals surface area contributed by atoms with E-state index in [1.54, 1.807) is 31.2 Å². The first-order chi connectivity index (χ1) is 9.52. The van der Waals surface area contributed by atoms with E-state index < -0.39 is 0 Å². The van der Waals surface area contributed by atoms with Crippen molar-refractivity contribution in [2.75, 3.05) is 13.2 Å². The van der Waals surface area contributed by atoms with Crippen molar-refractivity contribution in [2.24, 2.45) is 0 Å². The summed E-state index contributed by atoms with van der Waals surface area (Å²) >= 11 is 0. The van der Waals surface area contributed by atoms with E-state index in [1.807, 2.05) is 0 Å². The average Bonchev–Trinajstić information content (AvgIpc) is 2.44. The van der Waals surface area contributed by atoms with Gasteiger partial charge in [0.2, 0.25) is 5.91 Å². The zero-order chi connectivity index (χ0) is 15.0. The van der Waals surface area contributed by atoms with Gasteiger partial charge in [0.15, 0.2) is 5.78 Å². The number of carbonyl (C=O) groups excluding carboxylic acids is 2. The molecule has 0 radical (unpaired) electrons. The summed E-state index contributed by atoms with van der Waals surface area (Å²) in [6.45, 7) is 3.62. The molecule has 1 aromatic rings. The Balaban J connectivity index is 2.24. The van der Waals surface area contributed by atoms with Crippen molar-refractivity contribution in [3.05, 3.63) is 29.8 Å². The summed E-state index contributed by atoms with van der Waals surface area (Å²) in [5.41, 5.74) is 0.648. The monoisotopic (exact) mass is 279 g/mol. The van der Waals surface area contributed by atoms with Crippen molar-refractivity contribution < 1.29 is 19.4 Å². The van der Waals surface area contributed by atoms with Crippen molar-refractivity contribution in [3.8, 4) is 5.75 Å². The lowest BCUT2D eigenvalue weighted by molar-refractivity contribution is -0.122. The molecular formula is C15H21NO4. The summed E-state index contributed by atoms with van der Waals surface area (Å²) in [4.78, 5) is 22.5. The molecule has 0 saturated carbocycles. The van der Waals surface area contributed by atoms with E-state index in [4.69, 9.17) is 9.84 Å². The number of amides is 1. The fraction of sp³-hybridized carbons (Fsp3) is 0.467. The molecule has 0 fully saturated rings. The van der Waals surface area contributed by atoms with E-state index in [-0.39, 0.29) is 24.3 Å². The smallest absolute Gasteiger partial charge is 0.220 e. The molecule has 110 valence electrons. The van der Waals surface area contributed by atoms with E-state index in [1.165, 1.54) is 6.92 Å². The van der Waals surface area contributed by atoms with Crippen molar-refractivity contribution >= 4 is 11.7 Å². The molecule has 2 N–H and O–H groups in total. The van der Waals surface area contributed by atoms with Gasteiger partial charge in [-0.15, -0.1) is 0 Å². The van der Waals surface area contributed by atoms with Crippen LogP contribution in [0.1, 0.15) is 37.0 Å². The molecule has 0 aliphatic carbocycles. The van der Waals surface area contributed by atoms with E-state index in [0.29, 0.717) is 30.8 Å². The van der Waals surface area contributed by atoms with Crippen LogP contribution in [0.4, 0.5) is 0 Å². The highest BCUT2D eigenvalue weighted by atomic mass is 16.5. The Bertz CT molecular complexity index is 442. The van der Waals surface area contributed by atoms with Crippen molar-refractivity contribution in [1.82, 2.24) is 5.32 Å². The molecule has 1 unspecified atom stereocenters. The zero-order valence-electron chi connectivity index (χ0n) is 11.9. The predicted molar refractivity (Wildman–Crippen MR) is 75.9 cm³/mol. The molecule has 5 heteroatoms. The Morgan fingerprint density at radius 1 is 1.30 bits per heavy atom. The summed E-state index contributed by atoms with van der Waals surface area (Å²) in [7, 11) is 0. The van der Waals surface area contributed by atoms with Crippen LogP contribution in [-0.2, 0) is 4.79 Å². The van der Waals surface area contributed by atoms with Gasteiger partial charge in [-0.05, 0) is 44.5 Å². The summed E-state index contributed by atoms with van der Waals surface area (Å²) in [5.74, 6) is 0.604. The molecule has 1 rings (SSSR count). The summed E-state index contributed by atoms with van der Waals surface area (Å²) in [6.07, 6.45) is 0.953. The molecule has 0 heterocycles. The third-order valence-electron chi connectivity index (χ3n) is 2.76. The Morgan fingerprint density at radius 2 is 1.95 bits per heavy atom. The third kappa shape index (κ3) is 5.84. The zero-order valence-corrected chi connectivity index (χ0v) is 11.9. The second kappa shape index (κ2) is 8.32. The lowest BCUT2D eigenvalue weighted by atomic mass is 10.1. The van der Waals surface area contributed by atoms with Crippen molar-refractivity contribution in [2.45, 2.75) is 32.7 Å². The Kier molecular flexibility index (Phi) is 6.73. The minimum atomic E-state index is -0.220. The van der Waals surface area contributed by atoms with Crippen LogP contribution >= 0.6 is 0 Å². The maximum absolute atomic E-state index is 11.4. The van der Waals surface area contributed by atoms with Gasteiger partial charge in [0.25, 0.3) is 0 Å². The molecule has 0 bridgehead atoms. The van der Waals surface area contributed by atoms with Gasteiger partial charge in [-0.25, -0.2) is 0 Å². The first kappa shape index (κ1) is 16.2. The van der Waals surface area contributed by atoms with Crippen LogP contribution in [0.15, 0.2) is 24.3 Å². The van der Waals surface area contributed by atoms with E-state index in [2.05, 4.69) is 5.32 Å². The van der Waals surface area contributed by atoms with Crippen molar-refractivity contribution in [3.63, 3.8) is 0 Å². The number of hydrogen-bond acceptors (Lipinski definition) is 4. The van der Waals surface area contributed by atoms with Gasteiger partial charge < -0.3 is 15.2 Å². The largest absolute Gasteiger partial charge is 0.494 e. The number of nitrogens with one attached hydrogen (secondary N) is 1. The second-order valence-electron chi connectivity index (χ2n) is 4.68. The lowest BCUT2D eigenvalue weighted by Gasteiger charge is -2.11. The van der Waals surface area contributed by atoms with Gasteiger partial charge in [-0.3, -0.25) is 9.59 Å². The maximum atomic E-state index is 11.4. The number of Topliss-reactive ketones (excluding diaryl/α,β-unsaturated/α-hetero) is 1. The van der Waals surface area contributed by atoms with Gasteiger partial charge in [0.1, 0.15) is 5.75 Å². The summed E-state index contributed by atoms with van der Waals surface area (Å²) < 4.78 is 5.48. The molecular weight excluding hydrogens is 258 g/mol. The van der Waals surface area contributed by atoms with Crippen LogP contribution in [0, 0.1) is 0 Å². The summed E-state index contributed by atoms with van der Waals surface area (Å²) in [6, 6.07) is 6.69. The van der Waals surface area contributed by atoms with Crippen LogP contribution in [0.25, 0.3) is 0 Å². The average molecular weight is 279 g/mol. The standard InChI is InChI=1S/C15H21NO4/c1-11(10-17)16-15(19)4-3-9-20-14-7-5-13(6-8-14)12(2)18/h5-8,11,17H,3-4,9-10H2,1-2H3,(H,16,19). The molecule has 1 aromatic carbocycles. The Hall–Kier alpha value is -1.88. The van der Waals surface area contributed by atoms with E-state index >= 15 is 0 Å². The molecule has 5 nitrogen and oxygen atoms in total. The number of ketones is 1. The third-order valence-corrected chi connectivity index (χ3v) is 2.76. The van der Waals surface area contributed by atoms with Crippen LogP contribution < -0.4 is 10.1 Å². The quantitative estimate of drug-likeness (QED) is 0.559. The molecule has 0 spiro atoms. The molecule has 1 atom stereocenters. The topological polar surface area (TPSA) is 75.6 Å². The second-order valence-corrected chi connectivity index (χ2v) is 4.68. The van der Waals surface area contributed by atoms with Crippen molar-refractivity contribution in [1.29, 1.82) is 0 Å². The Morgan fingerprint density at radius 3 is 2.50 bits per heavy atom. The normalized spacial score (nSPS) is 11.8. The Labute approximate surface area is 118 Å². The minimum absolute atomic E-state index is 0.0197. The highest BCUT2D eigenvalue weighted by Gasteiger charge is 2.06. The fourth-order valence-electron chi connectivity index (χ4n) is 1.60. The SMILES string of the molecule is CC(=O)c1ccc(OCCCC(=O)NC(C)CO)cc1. The maximum Gasteiger partial charge on any atom is 0.220 e. The van der Waals surface area contributed by atoms with E-state index in [9.17, 15) is 9.59 Å². The number of ether oxygens (including phenoxy) is 1. The van der Waals surface area contributed by atoms with Gasteiger partial charge in [0, 0.05) is 18.0 Å². The van der Waals surface area contributed by atoms with Gasteiger partial charge in [0.05, 0.1) is 13.2 Å². The number of carbonyl (C=O) groups is 2. The van der Waals surface area contributed by atoms with Crippen LogP contribution in [0.2, 0.25) is 0 Å². The van der Waals surface area contributed by atoms with Crippen LogP contribution in [0.3, 0.4) is 0 Å². The fourth-order valence-corrected chi connectivity index (χ4v) is 1.60. The molecule has 20 heavy (non-hydrogen) atoms. The van der Waals surface area contributed by atoms with E-state index in [0.717, 1.165) is 0 Å². The van der Waals surface area contributed by atoms with Gasteiger partial charge >= 0.3 is 0 Å².